The predicted octanol–water partition coefficient (Wildman–Crippen LogP) is 3.79. The van der Waals surface area contributed by atoms with Gasteiger partial charge in [0.05, 0.1) is 0 Å². The number of nitrogens with one attached hydrogen (secondary N) is 1. The molecule has 0 bridgehead atoms. The van der Waals surface area contributed by atoms with E-state index in [9.17, 15) is 4.39 Å². The minimum Gasteiger partial charge on any atom is -0.385 e. The summed E-state index contributed by atoms with van der Waals surface area (Å²) in [5, 5.41) is 4.12. The Bertz CT molecular complexity index is 667. The summed E-state index contributed by atoms with van der Waals surface area (Å²) in [6.07, 6.45) is 4.31. The van der Waals surface area contributed by atoms with Crippen molar-refractivity contribution in [3.05, 3.63) is 64.7 Å². The number of hydrogen-bond acceptors (Lipinski definition) is 3. The van der Waals surface area contributed by atoms with Gasteiger partial charge in [0.2, 0.25) is 0 Å². The van der Waals surface area contributed by atoms with Crippen LogP contribution in [0.5, 0.6) is 0 Å². The maximum absolute atomic E-state index is 14.2. The fourth-order valence-corrected chi connectivity index (χ4v) is 2.76. The largest absolute Gasteiger partial charge is 0.385 e. The van der Waals surface area contributed by atoms with Crippen molar-refractivity contribution in [2.45, 2.75) is 19.5 Å². The lowest BCUT2D eigenvalue weighted by Crippen LogP contribution is -2.39. The summed E-state index contributed by atoms with van der Waals surface area (Å²) in [5.41, 5.74) is 1.41. The summed E-state index contributed by atoms with van der Waals surface area (Å²) in [5.74, 6) is -0.342. The van der Waals surface area contributed by atoms with E-state index in [1.54, 1.807) is 31.6 Å². The maximum atomic E-state index is 14.2. The third-order valence-electron chi connectivity index (χ3n) is 3.60. The summed E-state index contributed by atoms with van der Waals surface area (Å²) in [6.45, 7) is 2.11. The summed E-state index contributed by atoms with van der Waals surface area (Å²) in [6, 6.07) is 8.49. The van der Waals surface area contributed by atoms with Crippen molar-refractivity contribution in [1.82, 2.24) is 15.2 Å². The van der Waals surface area contributed by atoms with E-state index in [1.165, 1.54) is 6.07 Å². The van der Waals surface area contributed by atoms with Gasteiger partial charge in [-0.1, -0.05) is 23.7 Å². The molecule has 25 heavy (non-hydrogen) atoms. The summed E-state index contributed by atoms with van der Waals surface area (Å²) in [4.78, 5) is 6.00. The Morgan fingerprint density at radius 1 is 1.32 bits per heavy atom. The molecule has 0 aliphatic rings. The number of rotatable bonds is 8. The molecular weight excluding hydrogens is 361 g/mol. The Kier molecular flexibility index (Phi) is 8.04. The quantitative estimate of drug-likeness (QED) is 0.556. The molecule has 0 saturated carbocycles. The van der Waals surface area contributed by atoms with Crippen molar-refractivity contribution >= 4 is 28.9 Å². The van der Waals surface area contributed by atoms with Crippen LogP contribution in [0.25, 0.3) is 0 Å². The number of methoxy groups -OCH3 is 1. The Morgan fingerprint density at radius 3 is 2.84 bits per heavy atom. The highest BCUT2D eigenvalue weighted by Crippen LogP contribution is 2.21. The average Bonchev–Trinajstić information content (AvgIpc) is 2.61. The van der Waals surface area contributed by atoms with E-state index >= 15 is 0 Å². The van der Waals surface area contributed by atoms with E-state index in [4.69, 9.17) is 28.6 Å². The molecule has 0 aliphatic heterocycles. The van der Waals surface area contributed by atoms with E-state index in [1.807, 2.05) is 17.0 Å². The van der Waals surface area contributed by atoms with Crippen LogP contribution < -0.4 is 5.32 Å². The second-order valence-corrected chi connectivity index (χ2v) is 6.29. The van der Waals surface area contributed by atoms with Crippen molar-refractivity contribution < 1.29 is 9.13 Å². The van der Waals surface area contributed by atoms with Crippen LogP contribution in [0.3, 0.4) is 0 Å². The van der Waals surface area contributed by atoms with Gasteiger partial charge in [0.25, 0.3) is 0 Å². The van der Waals surface area contributed by atoms with Gasteiger partial charge in [0.15, 0.2) is 5.11 Å². The number of halogens is 2. The molecule has 0 spiro atoms. The Labute approximate surface area is 158 Å². The summed E-state index contributed by atoms with van der Waals surface area (Å²) < 4.78 is 19.2. The van der Waals surface area contributed by atoms with Gasteiger partial charge in [-0.15, -0.1) is 0 Å². The highest BCUT2D eigenvalue weighted by atomic mass is 35.5. The number of benzene rings is 1. The zero-order valence-corrected chi connectivity index (χ0v) is 15.6. The molecule has 4 nitrogen and oxygen atoms in total. The fourth-order valence-electron chi connectivity index (χ4n) is 2.31. The van der Waals surface area contributed by atoms with Gasteiger partial charge in [-0.2, -0.15) is 0 Å². The lowest BCUT2D eigenvalue weighted by atomic mass is 10.2. The molecule has 134 valence electrons. The third kappa shape index (κ3) is 6.23. The molecule has 0 unspecified atom stereocenters. The molecular formula is C18H21ClFN3OS. The first-order chi connectivity index (χ1) is 12.1. The van der Waals surface area contributed by atoms with E-state index in [0.29, 0.717) is 35.4 Å². The molecule has 7 heteroatoms. The summed E-state index contributed by atoms with van der Waals surface area (Å²) >= 11 is 11.7. The number of hydrogen-bond donors (Lipinski definition) is 1. The van der Waals surface area contributed by atoms with Crippen LogP contribution in [0.4, 0.5) is 4.39 Å². The van der Waals surface area contributed by atoms with Gasteiger partial charge in [-0.3, -0.25) is 4.98 Å². The number of ether oxygens (including phenoxy) is 1. The van der Waals surface area contributed by atoms with E-state index in [0.717, 1.165) is 12.0 Å². The Balaban J connectivity index is 2.12. The zero-order chi connectivity index (χ0) is 18.1. The zero-order valence-electron chi connectivity index (χ0n) is 14.0. The Morgan fingerprint density at radius 2 is 2.16 bits per heavy atom. The van der Waals surface area contributed by atoms with Crippen LogP contribution in [-0.2, 0) is 17.8 Å². The molecule has 1 N–H and O–H groups in total. The predicted molar refractivity (Wildman–Crippen MR) is 102 cm³/mol. The second kappa shape index (κ2) is 10.3. The standard InChI is InChI=1S/C18H21ClFN3OS/c1-24-10-4-9-22-18(25)23(12-14-5-3-8-21-11-14)13-15-16(19)6-2-7-17(15)20/h2-3,5-8,11H,4,9-10,12-13H2,1H3,(H,22,25). The molecule has 0 fully saturated rings. The first kappa shape index (κ1) is 19.6. The first-order valence-corrected chi connectivity index (χ1v) is 8.74. The molecule has 0 amide bonds. The second-order valence-electron chi connectivity index (χ2n) is 5.50. The molecule has 2 aromatic rings. The molecule has 0 saturated heterocycles. The maximum Gasteiger partial charge on any atom is 0.169 e. The van der Waals surface area contributed by atoms with E-state index in [2.05, 4.69) is 10.3 Å². The average molecular weight is 382 g/mol. The fraction of sp³-hybridized carbons (Fsp3) is 0.333. The number of aromatic nitrogens is 1. The van der Waals surface area contributed by atoms with E-state index in [-0.39, 0.29) is 12.4 Å². The molecule has 1 aromatic carbocycles. The molecule has 2 rings (SSSR count). The van der Waals surface area contributed by atoms with Crippen molar-refractivity contribution in [2.24, 2.45) is 0 Å². The molecule has 0 radical (unpaired) electrons. The smallest absolute Gasteiger partial charge is 0.169 e. The summed E-state index contributed by atoms with van der Waals surface area (Å²) in [7, 11) is 1.66. The lowest BCUT2D eigenvalue weighted by molar-refractivity contribution is 0.195. The van der Waals surface area contributed by atoms with Gasteiger partial charge in [0, 0.05) is 56.3 Å². The van der Waals surface area contributed by atoms with Crippen molar-refractivity contribution in [3.8, 4) is 0 Å². The van der Waals surface area contributed by atoms with Gasteiger partial charge in [0.1, 0.15) is 5.82 Å². The highest BCUT2D eigenvalue weighted by molar-refractivity contribution is 7.80. The highest BCUT2D eigenvalue weighted by Gasteiger charge is 2.16. The van der Waals surface area contributed by atoms with Gasteiger partial charge in [-0.25, -0.2) is 4.39 Å². The number of thiocarbonyl (C=S) groups is 1. The van der Waals surface area contributed by atoms with Crippen molar-refractivity contribution in [2.75, 3.05) is 20.3 Å². The minimum atomic E-state index is -0.342. The van der Waals surface area contributed by atoms with E-state index < -0.39 is 0 Å². The lowest BCUT2D eigenvalue weighted by Gasteiger charge is -2.26. The van der Waals surface area contributed by atoms with Crippen LogP contribution in [0, 0.1) is 5.82 Å². The molecule has 1 heterocycles. The van der Waals surface area contributed by atoms with Crippen LogP contribution >= 0.6 is 23.8 Å². The van der Waals surface area contributed by atoms with Gasteiger partial charge >= 0.3 is 0 Å². The molecule has 0 aliphatic carbocycles. The number of pyridine rings is 1. The third-order valence-corrected chi connectivity index (χ3v) is 4.35. The van der Waals surface area contributed by atoms with Gasteiger partial charge in [-0.05, 0) is 42.4 Å². The molecule has 1 aromatic heterocycles. The van der Waals surface area contributed by atoms with Crippen molar-refractivity contribution in [3.63, 3.8) is 0 Å². The van der Waals surface area contributed by atoms with Crippen LogP contribution in [0.2, 0.25) is 5.02 Å². The topological polar surface area (TPSA) is 37.4 Å². The van der Waals surface area contributed by atoms with Crippen LogP contribution in [0.1, 0.15) is 17.5 Å². The monoisotopic (exact) mass is 381 g/mol. The van der Waals surface area contributed by atoms with Crippen LogP contribution in [0.15, 0.2) is 42.7 Å². The normalized spacial score (nSPS) is 10.5. The minimum absolute atomic E-state index is 0.274. The van der Waals surface area contributed by atoms with Gasteiger partial charge < -0.3 is 15.0 Å². The Hall–Kier alpha value is -1.76. The number of nitrogens with zero attached hydrogens (tertiary/aromatic N) is 2. The van der Waals surface area contributed by atoms with Crippen molar-refractivity contribution in [1.29, 1.82) is 0 Å². The SMILES string of the molecule is COCCCNC(=S)N(Cc1cccnc1)Cc1c(F)cccc1Cl. The first-order valence-electron chi connectivity index (χ1n) is 7.95. The van der Waals surface area contributed by atoms with Crippen LogP contribution in [-0.4, -0.2) is 35.3 Å². The molecule has 0 atom stereocenters.